The number of nitrogens with zero attached hydrogens (tertiary/aromatic N) is 3. The Labute approximate surface area is 201 Å². The molecule has 4 rings (SSSR count). The van der Waals surface area contributed by atoms with Crippen LogP contribution in [-0.2, 0) is 18.9 Å². The SMILES string of the molecule is COc1cc(C(O)(F)C(F)(F)F)ccc1-c1ccc(CN2CCN(Cc3ccncc3)CC2)cc1. The predicted molar refractivity (Wildman–Crippen MR) is 124 cm³/mol. The van der Waals surface area contributed by atoms with Crippen molar-refractivity contribution in [1.82, 2.24) is 14.8 Å². The lowest BCUT2D eigenvalue weighted by Crippen LogP contribution is -2.45. The molecule has 0 spiro atoms. The van der Waals surface area contributed by atoms with Gasteiger partial charge in [0.05, 0.1) is 7.11 Å². The molecule has 1 saturated heterocycles. The molecule has 1 aliphatic heterocycles. The van der Waals surface area contributed by atoms with Crippen molar-refractivity contribution in [3.63, 3.8) is 0 Å². The van der Waals surface area contributed by atoms with Crippen LogP contribution in [0.15, 0.2) is 67.0 Å². The Morgan fingerprint density at radius 2 is 1.37 bits per heavy atom. The number of rotatable bonds is 7. The molecule has 0 bridgehead atoms. The summed E-state index contributed by atoms with van der Waals surface area (Å²) in [5.41, 5.74) is 2.66. The second kappa shape index (κ2) is 10.3. The van der Waals surface area contributed by atoms with E-state index in [1.807, 2.05) is 48.8 Å². The van der Waals surface area contributed by atoms with E-state index in [-0.39, 0.29) is 5.75 Å². The van der Waals surface area contributed by atoms with E-state index >= 15 is 0 Å². The maximum Gasteiger partial charge on any atom is 0.453 e. The van der Waals surface area contributed by atoms with Crippen LogP contribution in [0.2, 0.25) is 0 Å². The van der Waals surface area contributed by atoms with Gasteiger partial charge >= 0.3 is 12.0 Å². The fraction of sp³-hybridized carbons (Fsp3) is 0.346. The van der Waals surface area contributed by atoms with Gasteiger partial charge in [-0.2, -0.15) is 17.6 Å². The molecule has 186 valence electrons. The number of halogens is 4. The van der Waals surface area contributed by atoms with Crippen molar-refractivity contribution < 1.29 is 27.4 Å². The summed E-state index contributed by atoms with van der Waals surface area (Å²) in [6, 6.07) is 14.8. The van der Waals surface area contributed by atoms with Crippen LogP contribution in [0.25, 0.3) is 11.1 Å². The fourth-order valence-corrected chi connectivity index (χ4v) is 4.20. The Bertz CT molecular complexity index is 1110. The zero-order chi connectivity index (χ0) is 25.1. The molecule has 5 nitrogen and oxygen atoms in total. The third-order valence-corrected chi connectivity index (χ3v) is 6.25. The third kappa shape index (κ3) is 5.80. The molecule has 1 aliphatic rings. The standard InChI is InChI=1S/C26H27F4N3O2/c1-35-24-16-22(25(27,34)26(28,29)30)6-7-23(24)21-4-2-19(3-5-21)17-32-12-14-33(15-13-32)18-20-8-10-31-11-9-20/h2-11,16,34H,12-15,17-18H2,1H3. The fourth-order valence-electron chi connectivity index (χ4n) is 4.20. The first kappa shape index (κ1) is 25.1. The van der Waals surface area contributed by atoms with Crippen LogP contribution >= 0.6 is 0 Å². The molecule has 1 N–H and O–H groups in total. The predicted octanol–water partition coefficient (Wildman–Crippen LogP) is 4.75. The van der Waals surface area contributed by atoms with E-state index in [4.69, 9.17) is 4.74 Å². The van der Waals surface area contributed by atoms with Crippen LogP contribution < -0.4 is 4.74 Å². The van der Waals surface area contributed by atoms with E-state index in [2.05, 4.69) is 14.8 Å². The van der Waals surface area contributed by atoms with E-state index in [0.717, 1.165) is 57.0 Å². The maximum absolute atomic E-state index is 14.0. The van der Waals surface area contributed by atoms with E-state index in [9.17, 15) is 22.7 Å². The summed E-state index contributed by atoms with van der Waals surface area (Å²) in [7, 11) is 1.29. The number of pyridine rings is 1. The van der Waals surface area contributed by atoms with Crippen LogP contribution in [-0.4, -0.2) is 59.4 Å². The summed E-state index contributed by atoms with van der Waals surface area (Å²) in [6.45, 7) is 5.56. The van der Waals surface area contributed by atoms with Crippen molar-refractivity contribution in [2.75, 3.05) is 33.3 Å². The van der Waals surface area contributed by atoms with Gasteiger partial charge in [0.15, 0.2) is 0 Å². The number of piperazine rings is 1. The second-order valence-corrected chi connectivity index (χ2v) is 8.64. The van der Waals surface area contributed by atoms with Crippen molar-refractivity contribution in [3.8, 4) is 16.9 Å². The summed E-state index contributed by atoms with van der Waals surface area (Å²) in [5.74, 6) is -4.41. The van der Waals surface area contributed by atoms with Crippen molar-refractivity contribution in [1.29, 1.82) is 0 Å². The lowest BCUT2D eigenvalue weighted by molar-refractivity contribution is -0.323. The Hall–Kier alpha value is -3.01. The number of aromatic nitrogens is 1. The van der Waals surface area contributed by atoms with Crippen LogP contribution in [0.5, 0.6) is 5.75 Å². The Balaban J connectivity index is 1.38. The van der Waals surface area contributed by atoms with Gasteiger partial charge in [0.1, 0.15) is 5.75 Å². The number of benzene rings is 2. The first-order valence-corrected chi connectivity index (χ1v) is 11.3. The van der Waals surface area contributed by atoms with Gasteiger partial charge in [-0.25, -0.2) is 0 Å². The summed E-state index contributed by atoms with van der Waals surface area (Å²) < 4.78 is 57.7. The average Bonchev–Trinajstić information content (AvgIpc) is 2.85. The summed E-state index contributed by atoms with van der Waals surface area (Å²) in [6.07, 6.45) is -1.84. The Kier molecular flexibility index (Phi) is 7.39. The lowest BCUT2D eigenvalue weighted by Gasteiger charge is -2.34. The molecule has 2 heterocycles. The molecule has 1 atom stereocenters. The molecule has 0 aliphatic carbocycles. The van der Waals surface area contributed by atoms with Crippen LogP contribution in [0.3, 0.4) is 0 Å². The monoisotopic (exact) mass is 489 g/mol. The minimum Gasteiger partial charge on any atom is -0.496 e. The zero-order valence-corrected chi connectivity index (χ0v) is 19.3. The molecule has 1 aromatic heterocycles. The Morgan fingerprint density at radius 1 is 0.829 bits per heavy atom. The number of methoxy groups -OCH3 is 1. The number of alkyl halides is 4. The maximum atomic E-state index is 14.0. The number of aliphatic hydroxyl groups is 1. The smallest absolute Gasteiger partial charge is 0.453 e. The first-order chi connectivity index (χ1) is 16.7. The van der Waals surface area contributed by atoms with Crippen molar-refractivity contribution in [2.45, 2.75) is 25.1 Å². The molecule has 35 heavy (non-hydrogen) atoms. The second-order valence-electron chi connectivity index (χ2n) is 8.64. The number of hydrogen-bond donors (Lipinski definition) is 1. The molecule has 3 aromatic rings. The number of ether oxygens (including phenoxy) is 1. The molecule has 0 amide bonds. The minimum atomic E-state index is -5.45. The van der Waals surface area contributed by atoms with Gasteiger partial charge in [0.2, 0.25) is 0 Å². The zero-order valence-electron chi connectivity index (χ0n) is 19.3. The summed E-state index contributed by atoms with van der Waals surface area (Å²) in [4.78, 5) is 8.86. The van der Waals surface area contributed by atoms with Crippen LogP contribution in [0.1, 0.15) is 16.7 Å². The number of hydrogen-bond acceptors (Lipinski definition) is 5. The van der Waals surface area contributed by atoms with Gasteiger partial charge in [0.25, 0.3) is 0 Å². The van der Waals surface area contributed by atoms with Crippen LogP contribution in [0, 0.1) is 0 Å². The molecule has 0 saturated carbocycles. The van der Waals surface area contributed by atoms with Gasteiger partial charge in [-0.15, -0.1) is 0 Å². The quantitative estimate of drug-likeness (QED) is 0.486. The molecule has 0 radical (unpaired) electrons. The molecular formula is C26H27F4N3O2. The summed E-state index contributed by atoms with van der Waals surface area (Å²) >= 11 is 0. The van der Waals surface area contributed by atoms with Gasteiger partial charge in [-0.05, 0) is 34.9 Å². The van der Waals surface area contributed by atoms with E-state index < -0.39 is 17.6 Å². The minimum absolute atomic E-state index is 0.0425. The van der Waals surface area contributed by atoms with Gasteiger partial charge in [0, 0.05) is 62.8 Å². The highest BCUT2D eigenvalue weighted by atomic mass is 19.4. The highest BCUT2D eigenvalue weighted by Crippen LogP contribution is 2.43. The molecule has 9 heteroatoms. The average molecular weight is 490 g/mol. The molecule has 1 unspecified atom stereocenters. The molecule has 2 aromatic carbocycles. The van der Waals surface area contributed by atoms with Gasteiger partial charge < -0.3 is 9.84 Å². The van der Waals surface area contributed by atoms with Gasteiger partial charge in [-0.1, -0.05) is 36.4 Å². The lowest BCUT2D eigenvalue weighted by atomic mass is 9.98. The van der Waals surface area contributed by atoms with Crippen molar-refractivity contribution in [3.05, 3.63) is 83.7 Å². The molecule has 1 fully saturated rings. The summed E-state index contributed by atoms with van der Waals surface area (Å²) in [5, 5.41) is 9.33. The van der Waals surface area contributed by atoms with E-state index in [1.54, 1.807) is 0 Å². The normalized spacial score (nSPS) is 17.2. The van der Waals surface area contributed by atoms with Crippen LogP contribution in [0.4, 0.5) is 17.6 Å². The van der Waals surface area contributed by atoms with E-state index in [0.29, 0.717) is 11.1 Å². The third-order valence-electron chi connectivity index (χ3n) is 6.25. The highest BCUT2D eigenvalue weighted by Gasteiger charge is 2.56. The van der Waals surface area contributed by atoms with Crippen molar-refractivity contribution in [2.24, 2.45) is 0 Å². The highest BCUT2D eigenvalue weighted by molar-refractivity contribution is 5.71. The van der Waals surface area contributed by atoms with E-state index in [1.165, 1.54) is 18.7 Å². The van der Waals surface area contributed by atoms with Crippen molar-refractivity contribution >= 4 is 0 Å². The largest absolute Gasteiger partial charge is 0.496 e. The molecular weight excluding hydrogens is 462 g/mol. The Morgan fingerprint density at radius 3 is 1.89 bits per heavy atom. The van der Waals surface area contributed by atoms with Gasteiger partial charge in [-0.3, -0.25) is 14.8 Å². The first-order valence-electron chi connectivity index (χ1n) is 11.3. The topological polar surface area (TPSA) is 48.8 Å².